The van der Waals surface area contributed by atoms with E-state index < -0.39 is 10.0 Å². The maximum absolute atomic E-state index is 12.4. The van der Waals surface area contributed by atoms with E-state index in [4.69, 9.17) is 11.6 Å². The summed E-state index contributed by atoms with van der Waals surface area (Å²) >= 11 is 9.01. The third-order valence-electron chi connectivity index (χ3n) is 2.37. The zero-order chi connectivity index (χ0) is 13.5. The molecule has 0 spiro atoms. The summed E-state index contributed by atoms with van der Waals surface area (Å²) in [4.78, 5) is 0.137. The van der Waals surface area contributed by atoms with Gasteiger partial charge in [-0.25, -0.2) is 0 Å². The van der Waals surface area contributed by atoms with Gasteiger partial charge in [0.25, 0.3) is 10.0 Å². The predicted octanol–water partition coefficient (Wildman–Crippen LogP) is 3.15. The Morgan fingerprint density at radius 3 is 2.44 bits per heavy atom. The summed E-state index contributed by atoms with van der Waals surface area (Å²) in [6.07, 6.45) is 0. The minimum Gasteiger partial charge on any atom is -0.199 e. The van der Waals surface area contributed by atoms with Crippen molar-refractivity contribution in [2.24, 2.45) is 0 Å². The van der Waals surface area contributed by atoms with Crippen molar-refractivity contribution in [1.29, 1.82) is 0 Å². The van der Waals surface area contributed by atoms with E-state index in [2.05, 4.69) is 21.0 Å². The van der Waals surface area contributed by atoms with E-state index >= 15 is 0 Å². The summed E-state index contributed by atoms with van der Waals surface area (Å²) in [6, 6.07) is 6.24. The molecule has 0 unspecified atom stereocenters. The molecule has 96 valence electrons. The Morgan fingerprint density at radius 2 is 1.94 bits per heavy atom. The molecule has 0 saturated carbocycles. The van der Waals surface area contributed by atoms with Crippen LogP contribution in [0, 0.1) is 13.8 Å². The second-order valence-corrected chi connectivity index (χ2v) is 6.88. The average molecular weight is 350 g/mol. The van der Waals surface area contributed by atoms with Crippen LogP contribution >= 0.6 is 27.5 Å². The van der Waals surface area contributed by atoms with Gasteiger partial charge in [-0.3, -0.25) is 0 Å². The van der Waals surface area contributed by atoms with E-state index in [-0.39, 0.29) is 4.90 Å². The molecule has 0 fully saturated rings. The molecule has 1 heterocycles. The van der Waals surface area contributed by atoms with Gasteiger partial charge in [-0.05, 0) is 54.0 Å². The second-order valence-electron chi connectivity index (χ2n) is 3.85. The Hall–Kier alpha value is -0.850. The highest BCUT2D eigenvalue weighted by Gasteiger charge is 2.22. The van der Waals surface area contributed by atoms with Crippen molar-refractivity contribution in [3.05, 3.63) is 45.1 Å². The van der Waals surface area contributed by atoms with Crippen LogP contribution in [0.1, 0.15) is 11.4 Å². The van der Waals surface area contributed by atoms with Crippen molar-refractivity contribution in [3.63, 3.8) is 0 Å². The Balaban J connectivity index is 2.65. The first-order chi connectivity index (χ1) is 8.32. The monoisotopic (exact) mass is 348 g/mol. The van der Waals surface area contributed by atoms with E-state index in [1.54, 1.807) is 26.0 Å². The van der Waals surface area contributed by atoms with Crippen molar-refractivity contribution in [3.8, 4) is 0 Å². The van der Waals surface area contributed by atoms with Crippen LogP contribution in [0.15, 0.2) is 33.6 Å². The standard InChI is InChI=1S/C11H10BrClN2O2S/c1-7-5-8(2)15(14-7)18(16,17)11-4-3-9(13)6-10(11)12/h3-6H,1-2H3. The number of benzene rings is 1. The molecule has 0 atom stereocenters. The number of aromatic nitrogens is 2. The number of rotatable bonds is 2. The maximum Gasteiger partial charge on any atom is 0.284 e. The highest BCUT2D eigenvalue weighted by atomic mass is 79.9. The summed E-state index contributed by atoms with van der Waals surface area (Å²) < 4.78 is 26.3. The lowest BCUT2D eigenvalue weighted by atomic mass is 10.4. The quantitative estimate of drug-likeness (QED) is 0.837. The SMILES string of the molecule is Cc1cc(C)n(S(=O)(=O)c2ccc(Cl)cc2Br)n1. The summed E-state index contributed by atoms with van der Waals surface area (Å²) in [7, 11) is -3.70. The third kappa shape index (κ3) is 2.32. The summed E-state index contributed by atoms with van der Waals surface area (Å²) in [5.74, 6) is 0. The van der Waals surface area contributed by atoms with Gasteiger partial charge in [0.05, 0.1) is 11.4 Å². The lowest BCUT2D eigenvalue weighted by Crippen LogP contribution is -2.16. The Bertz CT molecular complexity index is 710. The van der Waals surface area contributed by atoms with Crippen LogP contribution in [0.3, 0.4) is 0 Å². The molecule has 0 aliphatic carbocycles. The molecule has 0 N–H and O–H groups in total. The van der Waals surface area contributed by atoms with Crippen LogP contribution in [-0.2, 0) is 10.0 Å². The van der Waals surface area contributed by atoms with Crippen molar-refractivity contribution in [2.75, 3.05) is 0 Å². The molecule has 4 nitrogen and oxygen atoms in total. The maximum atomic E-state index is 12.4. The van der Waals surface area contributed by atoms with E-state index in [1.165, 1.54) is 12.1 Å². The van der Waals surface area contributed by atoms with Crippen molar-refractivity contribution >= 4 is 37.6 Å². The number of hydrogen-bond donors (Lipinski definition) is 0. The molecular formula is C11H10BrClN2O2S. The van der Waals surface area contributed by atoms with Crippen LogP contribution in [0.5, 0.6) is 0 Å². The van der Waals surface area contributed by atoms with Gasteiger partial charge in [0.15, 0.2) is 0 Å². The first-order valence-electron chi connectivity index (χ1n) is 5.06. The van der Waals surface area contributed by atoms with Crippen molar-refractivity contribution in [2.45, 2.75) is 18.7 Å². The van der Waals surface area contributed by atoms with Gasteiger partial charge in [0.1, 0.15) is 4.90 Å². The molecule has 7 heteroatoms. The molecule has 0 saturated heterocycles. The summed E-state index contributed by atoms with van der Waals surface area (Å²) in [5, 5.41) is 4.46. The molecule has 1 aromatic carbocycles. The fourth-order valence-corrected chi connectivity index (χ4v) is 4.33. The first kappa shape index (κ1) is 13.6. The zero-order valence-electron chi connectivity index (χ0n) is 9.68. The van der Waals surface area contributed by atoms with E-state index in [0.717, 1.165) is 4.09 Å². The molecule has 18 heavy (non-hydrogen) atoms. The van der Waals surface area contributed by atoms with E-state index in [0.29, 0.717) is 20.9 Å². The first-order valence-corrected chi connectivity index (χ1v) is 7.67. The highest BCUT2D eigenvalue weighted by Crippen LogP contribution is 2.27. The largest absolute Gasteiger partial charge is 0.284 e. The summed E-state index contributed by atoms with van der Waals surface area (Å²) in [5.41, 5.74) is 1.22. The molecule has 0 bridgehead atoms. The van der Waals surface area contributed by atoms with Gasteiger partial charge in [-0.2, -0.15) is 17.6 Å². The predicted molar refractivity (Wildman–Crippen MR) is 73.4 cm³/mol. The molecule has 1 aromatic heterocycles. The number of nitrogens with zero attached hydrogens (tertiary/aromatic N) is 2. The van der Waals surface area contributed by atoms with Crippen LogP contribution in [0.25, 0.3) is 0 Å². The fraction of sp³-hybridized carbons (Fsp3) is 0.182. The molecule has 2 rings (SSSR count). The Kier molecular flexibility index (Phi) is 3.53. The van der Waals surface area contributed by atoms with Gasteiger partial charge in [0, 0.05) is 9.50 Å². The molecule has 0 aliphatic heterocycles. The van der Waals surface area contributed by atoms with Gasteiger partial charge >= 0.3 is 0 Å². The lowest BCUT2D eigenvalue weighted by Gasteiger charge is -2.08. The highest BCUT2D eigenvalue weighted by molar-refractivity contribution is 9.10. The Morgan fingerprint density at radius 1 is 1.28 bits per heavy atom. The lowest BCUT2D eigenvalue weighted by molar-refractivity contribution is 0.577. The normalized spacial score (nSPS) is 11.8. The fourth-order valence-electron chi connectivity index (χ4n) is 1.63. The number of halogens is 2. The zero-order valence-corrected chi connectivity index (χ0v) is 12.8. The minimum atomic E-state index is -3.70. The van der Waals surface area contributed by atoms with Crippen LogP contribution < -0.4 is 0 Å². The number of aryl methyl sites for hydroxylation is 2. The van der Waals surface area contributed by atoms with Crippen LogP contribution in [0.4, 0.5) is 0 Å². The van der Waals surface area contributed by atoms with Crippen molar-refractivity contribution in [1.82, 2.24) is 9.19 Å². The molecule has 2 aromatic rings. The molecular weight excluding hydrogens is 340 g/mol. The van der Waals surface area contributed by atoms with Crippen molar-refractivity contribution < 1.29 is 8.42 Å². The van der Waals surface area contributed by atoms with E-state index in [9.17, 15) is 8.42 Å². The van der Waals surface area contributed by atoms with Gasteiger partial charge < -0.3 is 0 Å². The van der Waals surface area contributed by atoms with Crippen LogP contribution in [0.2, 0.25) is 5.02 Å². The smallest absolute Gasteiger partial charge is 0.199 e. The summed E-state index contributed by atoms with van der Waals surface area (Å²) in [6.45, 7) is 3.44. The molecule has 0 aliphatic rings. The minimum absolute atomic E-state index is 0.137. The third-order valence-corrected chi connectivity index (χ3v) is 5.26. The second kappa shape index (κ2) is 4.68. The van der Waals surface area contributed by atoms with Gasteiger partial charge in [-0.1, -0.05) is 11.6 Å². The van der Waals surface area contributed by atoms with Crippen LogP contribution in [-0.4, -0.2) is 17.6 Å². The van der Waals surface area contributed by atoms with Gasteiger partial charge in [0.2, 0.25) is 0 Å². The topological polar surface area (TPSA) is 52.0 Å². The van der Waals surface area contributed by atoms with Gasteiger partial charge in [-0.15, -0.1) is 0 Å². The van der Waals surface area contributed by atoms with E-state index in [1.807, 2.05) is 0 Å². The Labute approximate surface area is 119 Å². The number of hydrogen-bond acceptors (Lipinski definition) is 3. The molecule has 0 amide bonds. The average Bonchev–Trinajstić information content (AvgIpc) is 2.57. The molecule has 0 radical (unpaired) electrons.